The fourth-order valence-electron chi connectivity index (χ4n) is 2.40. The molecule has 0 saturated heterocycles. The van der Waals surface area contributed by atoms with E-state index in [1.165, 1.54) is 44.9 Å². The van der Waals surface area contributed by atoms with Gasteiger partial charge >= 0.3 is 0 Å². The van der Waals surface area contributed by atoms with Gasteiger partial charge in [-0.1, -0.05) is 46.5 Å². The van der Waals surface area contributed by atoms with E-state index in [-0.39, 0.29) is 0 Å². The lowest BCUT2D eigenvalue weighted by atomic mass is 9.77. The van der Waals surface area contributed by atoms with Crippen LogP contribution in [0.5, 0.6) is 0 Å². The normalized spacial score (nSPS) is 12.0. The van der Waals surface area contributed by atoms with Gasteiger partial charge in [-0.05, 0) is 24.7 Å². The maximum atomic E-state index is 5.07. The lowest BCUT2D eigenvalue weighted by Crippen LogP contribution is -2.35. The number of methoxy groups -OCH3 is 1. The van der Waals surface area contributed by atoms with Gasteiger partial charge in [0.25, 0.3) is 0 Å². The summed E-state index contributed by atoms with van der Waals surface area (Å²) in [5.74, 6) is 0. The zero-order valence-electron chi connectivity index (χ0n) is 12.5. The summed E-state index contributed by atoms with van der Waals surface area (Å²) in [6.45, 7) is 9.89. The second kappa shape index (κ2) is 11.0. The van der Waals surface area contributed by atoms with E-state index in [0.717, 1.165) is 19.7 Å². The molecule has 0 heterocycles. The van der Waals surface area contributed by atoms with Gasteiger partial charge in [-0.2, -0.15) is 0 Å². The van der Waals surface area contributed by atoms with E-state index in [2.05, 4.69) is 26.1 Å². The molecule has 2 nitrogen and oxygen atoms in total. The molecular weight excluding hydrogens is 210 g/mol. The molecule has 0 fully saturated rings. The third kappa shape index (κ3) is 7.77. The fraction of sp³-hybridized carbons (Fsp3) is 1.00. The third-order valence-electron chi connectivity index (χ3n) is 4.04. The molecular formula is C15H33NO. The van der Waals surface area contributed by atoms with Gasteiger partial charge < -0.3 is 10.1 Å². The number of hydrogen-bond acceptors (Lipinski definition) is 2. The predicted molar refractivity (Wildman–Crippen MR) is 76.5 cm³/mol. The van der Waals surface area contributed by atoms with Crippen LogP contribution in [0.4, 0.5) is 0 Å². The van der Waals surface area contributed by atoms with Crippen LogP contribution in [0.2, 0.25) is 0 Å². The number of rotatable bonds is 12. The topological polar surface area (TPSA) is 21.3 Å². The van der Waals surface area contributed by atoms with Crippen molar-refractivity contribution in [1.29, 1.82) is 0 Å². The molecule has 2 heteroatoms. The monoisotopic (exact) mass is 243 g/mol. The Balaban J connectivity index is 3.88. The maximum absolute atomic E-state index is 5.07. The van der Waals surface area contributed by atoms with Crippen LogP contribution in [-0.4, -0.2) is 26.8 Å². The SMILES string of the molecule is CCCCCCC(CC)(CC)CNCCOC. The minimum absolute atomic E-state index is 0.515. The average Bonchev–Trinajstić information content (AvgIpc) is 2.37. The molecule has 0 unspecified atom stereocenters. The molecule has 104 valence electrons. The Kier molecular flexibility index (Phi) is 11.0. The highest BCUT2D eigenvalue weighted by atomic mass is 16.5. The van der Waals surface area contributed by atoms with Crippen molar-refractivity contribution in [3.8, 4) is 0 Å². The van der Waals surface area contributed by atoms with Crippen molar-refractivity contribution in [3.05, 3.63) is 0 Å². The van der Waals surface area contributed by atoms with Crippen LogP contribution in [0, 0.1) is 5.41 Å². The molecule has 0 aromatic rings. The molecule has 0 bridgehead atoms. The first kappa shape index (κ1) is 16.9. The van der Waals surface area contributed by atoms with Crippen molar-refractivity contribution in [2.75, 3.05) is 26.8 Å². The summed E-state index contributed by atoms with van der Waals surface area (Å²) >= 11 is 0. The van der Waals surface area contributed by atoms with E-state index < -0.39 is 0 Å². The minimum atomic E-state index is 0.515. The van der Waals surface area contributed by atoms with Crippen molar-refractivity contribution in [2.45, 2.75) is 65.7 Å². The molecule has 0 saturated carbocycles. The molecule has 0 aromatic carbocycles. The van der Waals surface area contributed by atoms with Crippen LogP contribution >= 0.6 is 0 Å². The number of ether oxygens (including phenoxy) is 1. The summed E-state index contributed by atoms with van der Waals surface area (Å²) in [5, 5.41) is 3.54. The Morgan fingerprint density at radius 2 is 1.71 bits per heavy atom. The molecule has 0 aliphatic carbocycles. The largest absolute Gasteiger partial charge is 0.383 e. The Bertz CT molecular complexity index is 141. The zero-order valence-corrected chi connectivity index (χ0v) is 12.5. The molecule has 0 aromatic heterocycles. The van der Waals surface area contributed by atoms with E-state index in [1.807, 2.05) is 0 Å². The van der Waals surface area contributed by atoms with Crippen molar-refractivity contribution >= 4 is 0 Å². The van der Waals surface area contributed by atoms with Gasteiger partial charge in [0.05, 0.1) is 6.61 Å². The van der Waals surface area contributed by atoms with Gasteiger partial charge in [-0.3, -0.25) is 0 Å². The standard InChI is InChI=1S/C15H33NO/c1-5-8-9-10-11-15(6-2,7-3)14-16-12-13-17-4/h16H,5-14H2,1-4H3. The Morgan fingerprint density at radius 1 is 1.00 bits per heavy atom. The third-order valence-corrected chi connectivity index (χ3v) is 4.04. The van der Waals surface area contributed by atoms with E-state index in [1.54, 1.807) is 7.11 Å². The Hall–Kier alpha value is -0.0800. The highest BCUT2D eigenvalue weighted by molar-refractivity contribution is 4.79. The molecule has 1 N–H and O–H groups in total. The van der Waals surface area contributed by atoms with E-state index in [0.29, 0.717) is 5.41 Å². The first-order chi connectivity index (χ1) is 8.24. The molecule has 0 rings (SSSR count). The number of hydrogen-bond donors (Lipinski definition) is 1. The first-order valence-electron chi connectivity index (χ1n) is 7.44. The van der Waals surface area contributed by atoms with Crippen molar-refractivity contribution < 1.29 is 4.74 Å². The van der Waals surface area contributed by atoms with Crippen molar-refractivity contribution in [3.63, 3.8) is 0 Å². The van der Waals surface area contributed by atoms with Gasteiger partial charge in [-0.15, -0.1) is 0 Å². The highest BCUT2D eigenvalue weighted by Gasteiger charge is 2.24. The average molecular weight is 243 g/mol. The summed E-state index contributed by atoms with van der Waals surface area (Å²) in [4.78, 5) is 0. The summed E-state index contributed by atoms with van der Waals surface area (Å²) in [7, 11) is 1.76. The van der Waals surface area contributed by atoms with Crippen LogP contribution in [0.15, 0.2) is 0 Å². The predicted octanol–water partition coefficient (Wildman–Crippen LogP) is 4.00. The number of unbranched alkanes of at least 4 members (excludes halogenated alkanes) is 3. The van der Waals surface area contributed by atoms with Crippen LogP contribution < -0.4 is 5.32 Å². The van der Waals surface area contributed by atoms with Gasteiger partial charge in [0.1, 0.15) is 0 Å². The van der Waals surface area contributed by atoms with Gasteiger partial charge in [0.15, 0.2) is 0 Å². The summed E-state index contributed by atoms with van der Waals surface area (Å²) in [5.41, 5.74) is 0.515. The smallest absolute Gasteiger partial charge is 0.0587 e. The Labute approximate surface area is 109 Å². The maximum Gasteiger partial charge on any atom is 0.0587 e. The molecule has 0 aliphatic rings. The van der Waals surface area contributed by atoms with Crippen LogP contribution in [0.1, 0.15) is 65.7 Å². The summed E-state index contributed by atoms with van der Waals surface area (Å²) in [6.07, 6.45) is 9.46. The summed E-state index contributed by atoms with van der Waals surface area (Å²) in [6, 6.07) is 0. The van der Waals surface area contributed by atoms with Crippen molar-refractivity contribution in [1.82, 2.24) is 5.32 Å². The van der Waals surface area contributed by atoms with Crippen LogP contribution in [0.3, 0.4) is 0 Å². The second-order valence-electron chi connectivity index (χ2n) is 5.19. The minimum Gasteiger partial charge on any atom is -0.383 e. The molecule has 0 radical (unpaired) electrons. The lowest BCUT2D eigenvalue weighted by molar-refractivity contribution is 0.179. The molecule has 17 heavy (non-hydrogen) atoms. The Morgan fingerprint density at radius 3 is 2.24 bits per heavy atom. The van der Waals surface area contributed by atoms with E-state index in [9.17, 15) is 0 Å². The van der Waals surface area contributed by atoms with E-state index >= 15 is 0 Å². The zero-order chi connectivity index (χ0) is 13.0. The molecule has 0 atom stereocenters. The lowest BCUT2D eigenvalue weighted by Gasteiger charge is -2.32. The van der Waals surface area contributed by atoms with Gasteiger partial charge in [0.2, 0.25) is 0 Å². The quantitative estimate of drug-likeness (QED) is 0.523. The fourth-order valence-corrected chi connectivity index (χ4v) is 2.40. The highest BCUT2D eigenvalue weighted by Crippen LogP contribution is 2.32. The molecule has 0 aliphatic heterocycles. The van der Waals surface area contributed by atoms with Gasteiger partial charge in [-0.25, -0.2) is 0 Å². The van der Waals surface area contributed by atoms with Crippen molar-refractivity contribution in [2.24, 2.45) is 5.41 Å². The van der Waals surface area contributed by atoms with Crippen LogP contribution in [0.25, 0.3) is 0 Å². The molecule has 0 spiro atoms. The second-order valence-corrected chi connectivity index (χ2v) is 5.19. The number of nitrogens with one attached hydrogen (secondary N) is 1. The van der Waals surface area contributed by atoms with Gasteiger partial charge in [0, 0.05) is 20.2 Å². The van der Waals surface area contributed by atoms with Crippen LogP contribution in [-0.2, 0) is 4.74 Å². The van der Waals surface area contributed by atoms with E-state index in [4.69, 9.17) is 4.74 Å². The summed E-state index contributed by atoms with van der Waals surface area (Å²) < 4.78 is 5.07. The molecule has 0 amide bonds. The first-order valence-corrected chi connectivity index (χ1v) is 7.44.